The molecule has 102 valence electrons. The van der Waals surface area contributed by atoms with Gasteiger partial charge in [0, 0.05) is 33.3 Å². The van der Waals surface area contributed by atoms with Crippen LogP contribution in [0.3, 0.4) is 0 Å². The summed E-state index contributed by atoms with van der Waals surface area (Å²) in [7, 11) is -4.47. The maximum Gasteiger partial charge on any atom is 0.240 e. The Morgan fingerprint density at radius 1 is 1.39 bits per heavy atom. The van der Waals surface area contributed by atoms with Crippen LogP contribution in [0.5, 0.6) is 0 Å². The van der Waals surface area contributed by atoms with E-state index in [2.05, 4.69) is 20.7 Å². The van der Waals surface area contributed by atoms with Gasteiger partial charge in [0.05, 0.1) is 4.90 Å². The van der Waals surface area contributed by atoms with Crippen LogP contribution in [-0.4, -0.2) is 30.7 Å². The van der Waals surface area contributed by atoms with Crippen LogP contribution in [0.25, 0.3) is 0 Å². The Morgan fingerprint density at radius 3 is 2.61 bits per heavy atom. The predicted molar refractivity (Wildman–Crippen MR) is 77.6 cm³/mol. The fourth-order valence-corrected chi connectivity index (χ4v) is 3.41. The highest BCUT2D eigenvalue weighted by molar-refractivity contribution is 9.10. The minimum atomic E-state index is -3.51. The number of benzene rings is 1. The highest BCUT2D eigenvalue weighted by Gasteiger charge is 2.14. The molecule has 7 heteroatoms. The number of hydrogen-bond acceptors (Lipinski definition) is 3. The lowest BCUT2D eigenvalue weighted by Gasteiger charge is -2.07. The molecule has 0 heterocycles. The van der Waals surface area contributed by atoms with Gasteiger partial charge in [-0.1, -0.05) is 22.9 Å². The van der Waals surface area contributed by atoms with Crippen LogP contribution in [0.2, 0.25) is 0 Å². The molecule has 1 aromatic rings. The van der Waals surface area contributed by atoms with Crippen molar-refractivity contribution in [3.8, 4) is 0 Å². The Hall–Kier alpha value is -0.240. The number of nitrogens with one attached hydrogen (secondary N) is 1. The van der Waals surface area contributed by atoms with E-state index >= 15 is 0 Å². The second kappa shape index (κ2) is 6.79. The van der Waals surface area contributed by atoms with Crippen LogP contribution >= 0.6 is 15.9 Å². The molecule has 1 rings (SSSR count). The summed E-state index contributed by atoms with van der Waals surface area (Å²) in [6.07, 6.45) is 0. The number of sulfonamides is 1. The Kier molecular flexibility index (Phi) is 5.97. The lowest BCUT2D eigenvalue weighted by atomic mass is 10.2. The fraction of sp³-hybridized carbons (Fsp3) is 0.455. The Morgan fingerprint density at radius 2 is 2.06 bits per heavy atom. The normalized spacial score (nSPS) is 13.5. The summed E-state index contributed by atoms with van der Waals surface area (Å²) in [6.45, 7) is 3.83. The van der Waals surface area contributed by atoms with Crippen LogP contribution in [-0.2, 0) is 20.8 Å². The maximum atomic E-state index is 11.9. The van der Waals surface area contributed by atoms with Crippen molar-refractivity contribution in [1.82, 2.24) is 4.72 Å². The minimum absolute atomic E-state index is 0.192. The summed E-state index contributed by atoms with van der Waals surface area (Å²) in [5.41, 5.74) is 0.856. The third-order valence-electron chi connectivity index (χ3n) is 2.38. The van der Waals surface area contributed by atoms with Gasteiger partial charge in [-0.25, -0.2) is 13.1 Å². The van der Waals surface area contributed by atoms with Gasteiger partial charge < -0.3 is 0 Å². The molecule has 0 fully saturated rings. The Bertz CT molecular complexity index is 543. The molecule has 0 amide bonds. The van der Waals surface area contributed by atoms with E-state index in [1.165, 1.54) is 6.07 Å². The molecule has 1 aromatic carbocycles. The molecule has 0 saturated carbocycles. The highest BCUT2D eigenvalue weighted by Crippen LogP contribution is 2.19. The van der Waals surface area contributed by atoms with E-state index in [1.54, 1.807) is 12.1 Å². The first-order valence-corrected chi connectivity index (χ1v) is 9.24. The van der Waals surface area contributed by atoms with Crippen molar-refractivity contribution in [2.24, 2.45) is 0 Å². The minimum Gasteiger partial charge on any atom is -0.260 e. The van der Waals surface area contributed by atoms with E-state index in [1.807, 2.05) is 13.8 Å². The summed E-state index contributed by atoms with van der Waals surface area (Å²) in [5, 5.41) is 0. The van der Waals surface area contributed by atoms with Gasteiger partial charge in [0.2, 0.25) is 10.0 Å². The lowest BCUT2D eigenvalue weighted by molar-refractivity contribution is 0.584. The molecule has 0 aliphatic heterocycles. The first-order valence-electron chi connectivity index (χ1n) is 5.47. The molecular weight excluding hydrogens is 338 g/mol. The van der Waals surface area contributed by atoms with E-state index in [0.717, 1.165) is 10.0 Å². The standard InChI is InChI=1S/C11H16BrNO3S2/c1-3-17(14)7-6-13-18(15,16)10-4-5-11(12)9(2)8-10/h4-5,8,13H,3,6-7H2,1-2H3. The van der Waals surface area contributed by atoms with E-state index in [9.17, 15) is 12.6 Å². The molecule has 0 spiro atoms. The van der Waals surface area contributed by atoms with Gasteiger partial charge in [-0.2, -0.15) is 0 Å². The number of aryl methyl sites for hydroxylation is 1. The van der Waals surface area contributed by atoms with E-state index in [0.29, 0.717) is 11.5 Å². The molecule has 4 nitrogen and oxygen atoms in total. The van der Waals surface area contributed by atoms with Crippen molar-refractivity contribution in [3.05, 3.63) is 28.2 Å². The first kappa shape index (κ1) is 15.8. The predicted octanol–water partition coefficient (Wildman–Crippen LogP) is 1.80. The van der Waals surface area contributed by atoms with Crippen molar-refractivity contribution in [1.29, 1.82) is 0 Å². The molecule has 0 aliphatic rings. The summed E-state index contributed by atoms with van der Waals surface area (Å²) in [4.78, 5) is 0.227. The Balaban J connectivity index is 2.74. The number of halogens is 1. The molecule has 0 aliphatic carbocycles. The molecule has 0 radical (unpaired) electrons. The molecule has 18 heavy (non-hydrogen) atoms. The van der Waals surface area contributed by atoms with Gasteiger partial charge in [0.1, 0.15) is 0 Å². The second-order valence-corrected chi connectivity index (χ2v) is 8.23. The molecule has 0 saturated heterocycles. The van der Waals surface area contributed by atoms with Crippen molar-refractivity contribution >= 4 is 36.8 Å². The number of rotatable bonds is 6. The van der Waals surface area contributed by atoms with Crippen LogP contribution in [0.4, 0.5) is 0 Å². The van der Waals surface area contributed by atoms with Crippen LogP contribution < -0.4 is 4.72 Å². The van der Waals surface area contributed by atoms with Gasteiger partial charge >= 0.3 is 0 Å². The lowest BCUT2D eigenvalue weighted by Crippen LogP contribution is -2.28. The van der Waals surface area contributed by atoms with Crippen molar-refractivity contribution in [2.45, 2.75) is 18.7 Å². The van der Waals surface area contributed by atoms with Crippen LogP contribution in [0.15, 0.2) is 27.6 Å². The average molecular weight is 354 g/mol. The molecule has 0 bridgehead atoms. The summed E-state index contributed by atoms with van der Waals surface area (Å²) in [6, 6.07) is 4.84. The topological polar surface area (TPSA) is 63.2 Å². The third-order valence-corrected chi connectivity index (χ3v) is 6.04. The second-order valence-electron chi connectivity index (χ2n) is 3.74. The molecular formula is C11H16BrNO3S2. The SMILES string of the molecule is CCS(=O)CCNS(=O)(=O)c1ccc(Br)c(C)c1. The van der Waals surface area contributed by atoms with Gasteiger partial charge in [0.15, 0.2) is 0 Å². The quantitative estimate of drug-likeness (QED) is 0.847. The van der Waals surface area contributed by atoms with Crippen molar-refractivity contribution in [2.75, 3.05) is 18.1 Å². The molecule has 1 N–H and O–H groups in total. The monoisotopic (exact) mass is 353 g/mol. The van der Waals surface area contributed by atoms with E-state index in [-0.39, 0.29) is 11.4 Å². The summed E-state index contributed by atoms with van der Waals surface area (Å²) < 4.78 is 38.4. The summed E-state index contributed by atoms with van der Waals surface area (Å²) >= 11 is 3.32. The highest BCUT2D eigenvalue weighted by atomic mass is 79.9. The zero-order valence-electron chi connectivity index (χ0n) is 10.3. The van der Waals surface area contributed by atoms with Crippen LogP contribution in [0, 0.1) is 6.92 Å². The van der Waals surface area contributed by atoms with Gasteiger partial charge in [-0.15, -0.1) is 0 Å². The van der Waals surface area contributed by atoms with Crippen molar-refractivity contribution < 1.29 is 12.6 Å². The zero-order valence-corrected chi connectivity index (χ0v) is 13.5. The number of hydrogen-bond donors (Lipinski definition) is 1. The third kappa shape index (κ3) is 4.46. The molecule has 1 atom stereocenters. The first-order chi connectivity index (χ1) is 8.36. The van der Waals surface area contributed by atoms with Gasteiger partial charge in [-0.3, -0.25) is 4.21 Å². The Labute approximate surface area is 119 Å². The fourth-order valence-electron chi connectivity index (χ4n) is 1.30. The van der Waals surface area contributed by atoms with E-state index < -0.39 is 20.8 Å². The smallest absolute Gasteiger partial charge is 0.240 e. The van der Waals surface area contributed by atoms with Gasteiger partial charge in [-0.05, 0) is 30.7 Å². The van der Waals surface area contributed by atoms with Crippen molar-refractivity contribution in [3.63, 3.8) is 0 Å². The molecule has 0 aromatic heterocycles. The largest absolute Gasteiger partial charge is 0.260 e. The van der Waals surface area contributed by atoms with Crippen LogP contribution in [0.1, 0.15) is 12.5 Å². The average Bonchev–Trinajstić information content (AvgIpc) is 2.32. The summed E-state index contributed by atoms with van der Waals surface area (Å²) in [5.74, 6) is 0.879. The maximum absolute atomic E-state index is 11.9. The van der Waals surface area contributed by atoms with Gasteiger partial charge in [0.25, 0.3) is 0 Å². The van der Waals surface area contributed by atoms with E-state index in [4.69, 9.17) is 0 Å². The zero-order chi connectivity index (χ0) is 13.8. The molecule has 1 unspecified atom stereocenters.